The van der Waals surface area contributed by atoms with E-state index in [1.807, 2.05) is 60.8 Å². The van der Waals surface area contributed by atoms with E-state index in [1.165, 1.54) is 5.56 Å². The summed E-state index contributed by atoms with van der Waals surface area (Å²) in [7, 11) is 0. The SMILES string of the molecule is CC(C)c1ccc(C=Nc2ccc(Nc3ccccc3)cc2)cc1. The van der Waals surface area contributed by atoms with E-state index in [0.29, 0.717) is 5.92 Å². The fourth-order valence-electron chi connectivity index (χ4n) is 2.44. The summed E-state index contributed by atoms with van der Waals surface area (Å²) in [5.74, 6) is 0.556. The molecule has 0 heterocycles. The van der Waals surface area contributed by atoms with Crippen LogP contribution in [0.2, 0.25) is 0 Å². The molecule has 24 heavy (non-hydrogen) atoms. The zero-order valence-corrected chi connectivity index (χ0v) is 14.1. The predicted molar refractivity (Wildman–Crippen MR) is 104 cm³/mol. The first-order valence-corrected chi connectivity index (χ1v) is 8.27. The van der Waals surface area contributed by atoms with Gasteiger partial charge in [-0.3, -0.25) is 4.99 Å². The van der Waals surface area contributed by atoms with Gasteiger partial charge in [-0.15, -0.1) is 0 Å². The molecule has 0 aromatic heterocycles. The topological polar surface area (TPSA) is 24.4 Å². The van der Waals surface area contributed by atoms with Crippen LogP contribution >= 0.6 is 0 Å². The second kappa shape index (κ2) is 7.60. The molecule has 0 bridgehead atoms. The largest absolute Gasteiger partial charge is 0.356 e. The van der Waals surface area contributed by atoms with Crippen molar-refractivity contribution in [2.75, 3.05) is 5.32 Å². The first-order valence-electron chi connectivity index (χ1n) is 8.27. The van der Waals surface area contributed by atoms with Crippen molar-refractivity contribution in [3.05, 3.63) is 90.0 Å². The van der Waals surface area contributed by atoms with Gasteiger partial charge < -0.3 is 5.32 Å². The monoisotopic (exact) mass is 314 g/mol. The molecular weight excluding hydrogens is 292 g/mol. The second-order valence-electron chi connectivity index (χ2n) is 6.12. The predicted octanol–water partition coefficient (Wildman–Crippen LogP) is 6.30. The maximum Gasteiger partial charge on any atom is 0.0631 e. The maximum absolute atomic E-state index is 4.55. The van der Waals surface area contributed by atoms with Gasteiger partial charge in [0.05, 0.1) is 5.69 Å². The lowest BCUT2D eigenvalue weighted by Crippen LogP contribution is -1.89. The van der Waals surface area contributed by atoms with Crippen LogP contribution in [-0.4, -0.2) is 6.21 Å². The minimum Gasteiger partial charge on any atom is -0.356 e. The lowest BCUT2D eigenvalue weighted by atomic mass is 10.0. The summed E-state index contributed by atoms with van der Waals surface area (Å²) in [6.07, 6.45) is 1.91. The molecule has 2 nitrogen and oxygen atoms in total. The van der Waals surface area contributed by atoms with E-state index < -0.39 is 0 Å². The molecule has 1 N–H and O–H groups in total. The standard InChI is InChI=1S/C22H22N2/c1-17(2)19-10-8-18(9-11-19)16-23-20-12-14-22(15-13-20)24-21-6-4-3-5-7-21/h3-17,24H,1-2H3. The van der Waals surface area contributed by atoms with Crippen molar-refractivity contribution in [3.63, 3.8) is 0 Å². The number of hydrogen-bond acceptors (Lipinski definition) is 2. The third kappa shape index (κ3) is 4.32. The van der Waals surface area contributed by atoms with E-state index in [9.17, 15) is 0 Å². The van der Waals surface area contributed by atoms with Crippen LogP contribution < -0.4 is 5.32 Å². The fraction of sp³-hybridized carbons (Fsp3) is 0.136. The molecule has 2 heteroatoms. The van der Waals surface area contributed by atoms with Crippen LogP contribution in [0.15, 0.2) is 83.9 Å². The Bertz CT molecular complexity index is 786. The van der Waals surface area contributed by atoms with Crippen molar-refractivity contribution in [2.45, 2.75) is 19.8 Å². The first-order chi connectivity index (χ1) is 11.7. The highest BCUT2D eigenvalue weighted by Crippen LogP contribution is 2.20. The van der Waals surface area contributed by atoms with Crippen molar-refractivity contribution >= 4 is 23.3 Å². The number of nitrogens with one attached hydrogen (secondary N) is 1. The van der Waals surface area contributed by atoms with Crippen LogP contribution in [0.25, 0.3) is 0 Å². The van der Waals surface area contributed by atoms with Crippen LogP contribution in [0, 0.1) is 0 Å². The number of rotatable bonds is 5. The highest BCUT2D eigenvalue weighted by atomic mass is 14.9. The van der Waals surface area contributed by atoms with Gasteiger partial charge in [-0.2, -0.15) is 0 Å². The summed E-state index contributed by atoms with van der Waals surface area (Å²) in [5.41, 5.74) is 5.55. The molecule has 0 spiro atoms. The van der Waals surface area contributed by atoms with Crippen LogP contribution in [-0.2, 0) is 0 Å². The van der Waals surface area contributed by atoms with Crippen molar-refractivity contribution in [2.24, 2.45) is 4.99 Å². The summed E-state index contributed by atoms with van der Waals surface area (Å²) >= 11 is 0. The van der Waals surface area contributed by atoms with E-state index in [1.54, 1.807) is 0 Å². The summed E-state index contributed by atoms with van der Waals surface area (Å²) in [5, 5.41) is 3.37. The third-order valence-electron chi connectivity index (χ3n) is 3.90. The Balaban J connectivity index is 1.65. The summed E-state index contributed by atoms with van der Waals surface area (Å²) in [6, 6.07) is 26.8. The molecule has 0 unspecified atom stereocenters. The van der Waals surface area contributed by atoms with Crippen molar-refractivity contribution in [1.29, 1.82) is 0 Å². The Morgan fingerprint density at radius 3 is 2.00 bits per heavy atom. The van der Waals surface area contributed by atoms with Gasteiger partial charge in [0.2, 0.25) is 0 Å². The third-order valence-corrected chi connectivity index (χ3v) is 3.90. The van der Waals surface area contributed by atoms with Gasteiger partial charge in [-0.1, -0.05) is 56.3 Å². The van der Waals surface area contributed by atoms with Crippen LogP contribution in [0.1, 0.15) is 30.9 Å². The van der Waals surface area contributed by atoms with Crippen molar-refractivity contribution < 1.29 is 0 Å². The molecule has 0 radical (unpaired) electrons. The van der Waals surface area contributed by atoms with Gasteiger partial charge in [0.15, 0.2) is 0 Å². The van der Waals surface area contributed by atoms with E-state index in [4.69, 9.17) is 0 Å². The Hall–Kier alpha value is -2.87. The quantitative estimate of drug-likeness (QED) is 0.549. The zero-order chi connectivity index (χ0) is 16.8. The van der Waals surface area contributed by atoms with Crippen LogP contribution in [0.4, 0.5) is 17.1 Å². The lowest BCUT2D eigenvalue weighted by molar-refractivity contribution is 0.866. The Labute approximate surface area is 143 Å². The van der Waals surface area contributed by atoms with Gasteiger partial charge in [0.25, 0.3) is 0 Å². The number of aliphatic imine (C=N–C) groups is 1. The molecule has 120 valence electrons. The van der Waals surface area contributed by atoms with Crippen LogP contribution in [0.5, 0.6) is 0 Å². The normalized spacial score (nSPS) is 11.1. The number of anilines is 2. The van der Waals surface area contributed by atoms with Gasteiger partial charge in [-0.05, 0) is 53.4 Å². The van der Waals surface area contributed by atoms with E-state index in [-0.39, 0.29) is 0 Å². The van der Waals surface area contributed by atoms with E-state index >= 15 is 0 Å². The average molecular weight is 314 g/mol. The zero-order valence-electron chi connectivity index (χ0n) is 14.1. The van der Waals surface area contributed by atoms with Crippen molar-refractivity contribution in [1.82, 2.24) is 0 Å². The number of hydrogen-bond donors (Lipinski definition) is 1. The van der Waals surface area contributed by atoms with Gasteiger partial charge in [0, 0.05) is 17.6 Å². The average Bonchev–Trinajstić information content (AvgIpc) is 2.62. The second-order valence-corrected chi connectivity index (χ2v) is 6.12. The molecule has 3 rings (SSSR count). The number of benzene rings is 3. The van der Waals surface area contributed by atoms with Crippen LogP contribution in [0.3, 0.4) is 0 Å². The minimum absolute atomic E-state index is 0.556. The summed E-state index contributed by atoms with van der Waals surface area (Å²) in [6.45, 7) is 4.41. The highest BCUT2D eigenvalue weighted by Gasteiger charge is 1.98. The van der Waals surface area contributed by atoms with E-state index in [0.717, 1.165) is 22.6 Å². The number of nitrogens with zero attached hydrogens (tertiary/aromatic N) is 1. The fourth-order valence-corrected chi connectivity index (χ4v) is 2.44. The van der Waals surface area contributed by atoms with E-state index in [2.05, 4.69) is 48.4 Å². The molecule has 3 aromatic rings. The minimum atomic E-state index is 0.556. The maximum atomic E-state index is 4.55. The molecular formula is C22H22N2. The van der Waals surface area contributed by atoms with Gasteiger partial charge >= 0.3 is 0 Å². The molecule has 0 atom stereocenters. The van der Waals surface area contributed by atoms with Gasteiger partial charge in [-0.25, -0.2) is 0 Å². The molecule has 0 saturated carbocycles. The summed E-state index contributed by atoms with van der Waals surface area (Å²) in [4.78, 5) is 4.55. The highest BCUT2D eigenvalue weighted by molar-refractivity contribution is 5.82. The molecule has 0 saturated heterocycles. The smallest absolute Gasteiger partial charge is 0.0631 e. The molecule has 0 amide bonds. The first kappa shape index (κ1) is 16.0. The molecule has 0 aliphatic heterocycles. The Morgan fingerprint density at radius 1 is 0.750 bits per heavy atom. The Morgan fingerprint density at radius 2 is 1.38 bits per heavy atom. The number of para-hydroxylation sites is 1. The Kier molecular flexibility index (Phi) is 5.07. The molecule has 0 aliphatic carbocycles. The lowest BCUT2D eigenvalue weighted by Gasteiger charge is -2.06. The van der Waals surface area contributed by atoms with Crippen molar-refractivity contribution in [3.8, 4) is 0 Å². The molecule has 0 fully saturated rings. The molecule has 0 aliphatic rings. The summed E-state index contributed by atoms with van der Waals surface area (Å²) < 4.78 is 0. The van der Waals surface area contributed by atoms with Gasteiger partial charge in [0.1, 0.15) is 0 Å². The molecule has 3 aromatic carbocycles.